The molecule has 2 rings (SSSR count). The van der Waals surface area contributed by atoms with Crippen molar-refractivity contribution in [3.8, 4) is 0 Å². The van der Waals surface area contributed by atoms with Gasteiger partial charge >= 0.3 is 0 Å². The van der Waals surface area contributed by atoms with Gasteiger partial charge in [0.05, 0.1) is 3.79 Å². The second-order valence-corrected chi connectivity index (χ2v) is 8.78. The molecule has 1 aliphatic rings. The number of thiophene rings is 1. The van der Waals surface area contributed by atoms with E-state index < -0.39 is 0 Å². The number of carbonyl (C=O) groups excluding carboxylic acids is 1. The molecule has 20 heavy (non-hydrogen) atoms. The molecule has 0 unspecified atom stereocenters. The number of nitrogens with zero attached hydrogens (tertiary/aromatic N) is 1. The maximum absolute atomic E-state index is 11.9. The third kappa shape index (κ3) is 4.29. The minimum atomic E-state index is 0.111. The van der Waals surface area contributed by atoms with E-state index in [9.17, 15) is 4.79 Å². The lowest BCUT2D eigenvalue weighted by atomic mass is 10.0. The molecule has 1 amide bonds. The maximum atomic E-state index is 11.9. The number of amides is 1. The normalized spacial score (nSPS) is 16.9. The highest BCUT2D eigenvalue weighted by atomic mass is 79.9. The number of hydrogen-bond donors (Lipinski definition) is 1. The van der Waals surface area contributed by atoms with Gasteiger partial charge in [-0.1, -0.05) is 13.8 Å². The fraction of sp³-hybridized carbons (Fsp3) is 0.643. The third-order valence-corrected chi connectivity index (χ3v) is 6.82. The van der Waals surface area contributed by atoms with E-state index in [1.807, 2.05) is 18.7 Å². The van der Waals surface area contributed by atoms with E-state index in [0.29, 0.717) is 6.04 Å². The monoisotopic (exact) mass is 422 g/mol. The van der Waals surface area contributed by atoms with Crippen molar-refractivity contribution in [3.63, 3.8) is 0 Å². The van der Waals surface area contributed by atoms with Gasteiger partial charge in [-0.25, -0.2) is 0 Å². The summed E-state index contributed by atoms with van der Waals surface area (Å²) < 4.78 is 2.27. The van der Waals surface area contributed by atoms with E-state index in [1.165, 1.54) is 4.88 Å². The second-order valence-electron chi connectivity index (χ2n) is 5.47. The van der Waals surface area contributed by atoms with Crippen LogP contribution < -0.4 is 5.32 Å². The first-order valence-electron chi connectivity index (χ1n) is 6.93. The van der Waals surface area contributed by atoms with E-state index in [1.54, 1.807) is 11.3 Å². The molecule has 0 bridgehead atoms. The zero-order valence-corrected chi connectivity index (χ0v) is 15.8. The van der Waals surface area contributed by atoms with Gasteiger partial charge in [-0.3, -0.25) is 4.79 Å². The Bertz CT molecular complexity index is 448. The predicted molar refractivity (Wildman–Crippen MR) is 91.0 cm³/mol. The number of nitrogens with one attached hydrogen (secondary N) is 1. The summed E-state index contributed by atoms with van der Waals surface area (Å²) in [6.07, 6.45) is 2.10. The fourth-order valence-electron chi connectivity index (χ4n) is 2.39. The molecule has 0 radical (unpaired) electrons. The largest absolute Gasteiger partial charge is 0.342 e. The molecule has 0 aliphatic carbocycles. The third-order valence-electron chi connectivity index (χ3n) is 3.56. The van der Waals surface area contributed by atoms with Crippen molar-refractivity contribution < 1.29 is 4.79 Å². The van der Waals surface area contributed by atoms with Crippen LogP contribution in [0.3, 0.4) is 0 Å². The Morgan fingerprint density at radius 3 is 2.60 bits per heavy atom. The van der Waals surface area contributed by atoms with Crippen molar-refractivity contribution in [1.82, 2.24) is 10.2 Å². The van der Waals surface area contributed by atoms with Gasteiger partial charge in [-0.15, -0.1) is 11.3 Å². The smallest absolute Gasteiger partial charge is 0.225 e. The minimum absolute atomic E-state index is 0.111. The van der Waals surface area contributed by atoms with Crippen LogP contribution >= 0.6 is 43.2 Å². The first kappa shape index (κ1) is 16.5. The summed E-state index contributed by atoms with van der Waals surface area (Å²) in [7, 11) is 0. The molecular formula is C14H20Br2N2OS. The van der Waals surface area contributed by atoms with E-state index in [2.05, 4.69) is 43.2 Å². The summed E-state index contributed by atoms with van der Waals surface area (Å²) in [6, 6.07) is 2.67. The molecular weight excluding hydrogens is 404 g/mol. The molecule has 112 valence electrons. The Hall–Kier alpha value is 0.0900. The highest BCUT2D eigenvalue weighted by molar-refractivity contribution is 9.13. The van der Waals surface area contributed by atoms with Gasteiger partial charge in [0.15, 0.2) is 0 Å². The first-order chi connectivity index (χ1) is 9.47. The highest BCUT2D eigenvalue weighted by Gasteiger charge is 2.23. The van der Waals surface area contributed by atoms with Crippen molar-refractivity contribution >= 4 is 49.1 Å². The van der Waals surface area contributed by atoms with Gasteiger partial charge in [-0.05, 0) is 50.8 Å². The minimum Gasteiger partial charge on any atom is -0.342 e. The summed E-state index contributed by atoms with van der Waals surface area (Å²) in [4.78, 5) is 15.2. The van der Waals surface area contributed by atoms with Crippen molar-refractivity contribution in [1.29, 1.82) is 0 Å². The quantitative estimate of drug-likeness (QED) is 0.793. The Morgan fingerprint density at radius 2 is 2.10 bits per heavy atom. The number of rotatable bonds is 4. The molecule has 6 heteroatoms. The standard InChI is InChI=1S/C14H20Br2N2OS/c1-9(2)14(19)18-5-3-10(4-6-18)17-8-11-7-12(15)13(16)20-11/h7,9-10,17H,3-6,8H2,1-2H3. The first-order valence-corrected chi connectivity index (χ1v) is 9.33. The van der Waals surface area contributed by atoms with Crippen molar-refractivity contribution in [3.05, 3.63) is 19.2 Å². The van der Waals surface area contributed by atoms with Crippen LogP contribution in [0.15, 0.2) is 14.3 Å². The molecule has 0 aromatic carbocycles. The molecule has 1 saturated heterocycles. The van der Waals surface area contributed by atoms with Crippen molar-refractivity contribution in [2.75, 3.05) is 13.1 Å². The van der Waals surface area contributed by atoms with Gasteiger partial charge in [0.1, 0.15) is 0 Å². The van der Waals surface area contributed by atoms with Gasteiger partial charge in [0.2, 0.25) is 5.91 Å². The van der Waals surface area contributed by atoms with Crippen LogP contribution in [-0.2, 0) is 11.3 Å². The van der Waals surface area contributed by atoms with E-state index in [-0.39, 0.29) is 11.8 Å². The topological polar surface area (TPSA) is 32.3 Å². The lowest BCUT2D eigenvalue weighted by molar-refractivity contribution is -0.135. The van der Waals surface area contributed by atoms with Crippen LogP contribution in [0.2, 0.25) is 0 Å². The molecule has 0 spiro atoms. The number of halogens is 2. The lowest BCUT2D eigenvalue weighted by Gasteiger charge is -2.33. The fourth-order valence-corrected chi connectivity index (χ4v) is 4.52. The van der Waals surface area contributed by atoms with Crippen LogP contribution in [0.4, 0.5) is 0 Å². The van der Waals surface area contributed by atoms with Crippen LogP contribution in [0, 0.1) is 5.92 Å². The molecule has 3 nitrogen and oxygen atoms in total. The van der Waals surface area contributed by atoms with Crippen LogP contribution in [0.25, 0.3) is 0 Å². The number of carbonyl (C=O) groups is 1. The SMILES string of the molecule is CC(C)C(=O)N1CCC(NCc2cc(Br)c(Br)s2)CC1. The van der Waals surface area contributed by atoms with Gasteiger partial charge < -0.3 is 10.2 Å². The Balaban J connectivity index is 1.76. The number of piperidine rings is 1. The van der Waals surface area contributed by atoms with Gasteiger partial charge in [0, 0.05) is 40.9 Å². The highest BCUT2D eigenvalue weighted by Crippen LogP contribution is 2.32. The Labute approximate surface area is 141 Å². The van der Waals surface area contributed by atoms with Crippen molar-refractivity contribution in [2.45, 2.75) is 39.3 Å². The Kier molecular flexibility index (Phi) is 6.08. The van der Waals surface area contributed by atoms with Crippen LogP contribution in [0.1, 0.15) is 31.6 Å². The average Bonchev–Trinajstić information content (AvgIpc) is 2.75. The maximum Gasteiger partial charge on any atom is 0.225 e. The zero-order chi connectivity index (χ0) is 14.7. The average molecular weight is 424 g/mol. The zero-order valence-electron chi connectivity index (χ0n) is 11.8. The van der Waals surface area contributed by atoms with Crippen LogP contribution in [-0.4, -0.2) is 29.9 Å². The number of likely N-dealkylation sites (tertiary alicyclic amines) is 1. The van der Waals surface area contributed by atoms with Crippen molar-refractivity contribution in [2.24, 2.45) is 5.92 Å². The molecule has 0 saturated carbocycles. The summed E-state index contributed by atoms with van der Waals surface area (Å²) in [5, 5.41) is 3.60. The van der Waals surface area contributed by atoms with E-state index >= 15 is 0 Å². The van der Waals surface area contributed by atoms with E-state index in [4.69, 9.17) is 0 Å². The molecule has 1 fully saturated rings. The summed E-state index contributed by atoms with van der Waals surface area (Å²) in [5.74, 6) is 0.398. The van der Waals surface area contributed by atoms with Crippen LogP contribution in [0.5, 0.6) is 0 Å². The molecule has 1 aromatic rings. The molecule has 1 aliphatic heterocycles. The summed E-state index contributed by atoms with van der Waals surface area (Å²) in [6.45, 7) is 6.61. The van der Waals surface area contributed by atoms with E-state index in [0.717, 1.165) is 40.7 Å². The second kappa shape index (κ2) is 7.38. The molecule has 0 atom stereocenters. The lowest BCUT2D eigenvalue weighted by Crippen LogP contribution is -2.45. The summed E-state index contributed by atoms with van der Waals surface area (Å²) >= 11 is 8.79. The molecule has 1 aromatic heterocycles. The predicted octanol–water partition coefficient (Wildman–Crippen LogP) is 4.01. The Morgan fingerprint density at radius 1 is 1.45 bits per heavy atom. The van der Waals surface area contributed by atoms with Gasteiger partial charge in [0.25, 0.3) is 0 Å². The molecule has 2 heterocycles. The summed E-state index contributed by atoms with van der Waals surface area (Å²) in [5.41, 5.74) is 0. The molecule has 1 N–H and O–H groups in total. The number of hydrogen-bond acceptors (Lipinski definition) is 3. The van der Waals surface area contributed by atoms with Gasteiger partial charge in [-0.2, -0.15) is 0 Å².